The van der Waals surface area contributed by atoms with Gasteiger partial charge in [-0.25, -0.2) is 4.39 Å². The Labute approximate surface area is 191 Å². The average molecular weight is 435 g/mol. The van der Waals surface area contributed by atoms with Crippen LogP contribution in [0.4, 0.5) is 4.39 Å². The molecule has 0 aromatic heterocycles. The quantitative estimate of drug-likeness (QED) is 0.502. The Morgan fingerprint density at radius 2 is 1.78 bits per heavy atom. The van der Waals surface area contributed by atoms with Crippen LogP contribution in [0.2, 0.25) is 0 Å². The molecule has 0 amide bonds. The van der Waals surface area contributed by atoms with Crippen molar-refractivity contribution >= 4 is 0 Å². The van der Waals surface area contributed by atoms with E-state index in [9.17, 15) is 4.39 Å². The van der Waals surface area contributed by atoms with E-state index < -0.39 is 6.17 Å². The van der Waals surface area contributed by atoms with E-state index in [-0.39, 0.29) is 0 Å². The highest BCUT2D eigenvalue weighted by Crippen LogP contribution is 2.34. The van der Waals surface area contributed by atoms with E-state index in [2.05, 4.69) is 41.1 Å². The first-order chi connectivity index (χ1) is 15.6. The molecule has 32 heavy (non-hydrogen) atoms. The summed E-state index contributed by atoms with van der Waals surface area (Å²) in [5.41, 5.74) is 5.56. The fourth-order valence-electron chi connectivity index (χ4n) is 5.00. The normalized spacial score (nSPS) is 21.3. The largest absolute Gasteiger partial charge is 0.493 e. The monoisotopic (exact) mass is 434 g/mol. The Morgan fingerprint density at radius 3 is 2.53 bits per heavy atom. The standard InChI is InChI=1S/C28H35FN2O/c1-20(24-4-2-3-5-24)30-15-21-6-8-22(9-7-21)16-31-17-25-12-13-26(32-19-23-10-11-23)14-27(25)28(29)18-31/h6-9,12-14,23-24,28,30H,1-5,10-11,15-19H2. The van der Waals surface area contributed by atoms with Gasteiger partial charge in [-0.3, -0.25) is 4.90 Å². The van der Waals surface area contributed by atoms with Crippen molar-refractivity contribution in [1.82, 2.24) is 10.2 Å². The van der Waals surface area contributed by atoms with Crippen molar-refractivity contribution in [2.24, 2.45) is 11.8 Å². The van der Waals surface area contributed by atoms with Gasteiger partial charge in [-0.15, -0.1) is 0 Å². The van der Waals surface area contributed by atoms with Crippen molar-refractivity contribution in [3.63, 3.8) is 0 Å². The maximum atomic E-state index is 15.0. The van der Waals surface area contributed by atoms with Crippen LogP contribution in [0.15, 0.2) is 54.7 Å². The van der Waals surface area contributed by atoms with Crippen LogP contribution in [-0.4, -0.2) is 18.1 Å². The number of allylic oxidation sites excluding steroid dienone is 1. The van der Waals surface area contributed by atoms with Crippen molar-refractivity contribution in [2.45, 2.75) is 64.3 Å². The number of hydrogen-bond donors (Lipinski definition) is 1. The molecule has 2 aromatic rings. The van der Waals surface area contributed by atoms with E-state index >= 15 is 0 Å². The summed E-state index contributed by atoms with van der Waals surface area (Å²) in [7, 11) is 0. The first-order valence-electron chi connectivity index (χ1n) is 12.3. The molecule has 4 heteroatoms. The van der Waals surface area contributed by atoms with Crippen molar-refractivity contribution < 1.29 is 9.13 Å². The molecule has 170 valence electrons. The average Bonchev–Trinajstić information content (AvgIpc) is 3.47. The second-order valence-electron chi connectivity index (χ2n) is 9.93. The van der Waals surface area contributed by atoms with Gasteiger partial charge in [-0.05, 0) is 71.9 Å². The summed E-state index contributed by atoms with van der Waals surface area (Å²) in [4.78, 5) is 2.20. The van der Waals surface area contributed by atoms with Gasteiger partial charge in [-0.2, -0.15) is 0 Å². The molecular weight excluding hydrogens is 399 g/mol. The first kappa shape index (κ1) is 21.5. The van der Waals surface area contributed by atoms with Gasteiger partial charge in [0, 0.05) is 31.9 Å². The lowest BCUT2D eigenvalue weighted by atomic mass is 9.97. The number of ether oxygens (including phenoxy) is 1. The predicted molar refractivity (Wildman–Crippen MR) is 127 cm³/mol. The molecule has 1 unspecified atom stereocenters. The lowest BCUT2D eigenvalue weighted by molar-refractivity contribution is 0.158. The summed E-state index contributed by atoms with van der Waals surface area (Å²) in [5, 5.41) is 3.52. The number of rotatable bonds is 9. The zero-order chi connectivity index (χ0) is 21.9. The van der Waals surface area contributed by atoms with Crippen LogP contribution >= 0.6 is 0 Å². The van der Waals surface area contributed by atoms with Crippen LogP contribution in [0.5, 0.6) is 5.75 Å². The Morgan fingerprint density at radius 1 is 1.03 bits per heavy atom. The van der Waals surface area contributed by atoms with E-state index in [0.29, 0.717) is 18.4 Å². The lowest BCUT2D eigenvalue weighted by Crippen LogP contribution is -2.31. The van der Waals surface area contributed by atoms with Crippen LogP contribution in [0, 0.1) is 11.8 Å². The molecule has 1 aliphatic heterocycles. The third-order valence-corrected chi connectivity index (χ3v) is 7.25. The third kappa shape index (κ3) is 5.35. The molecule has 2 aliphatic carbocycles. The number of alkyl halides is 1. The summed E-state index contributed by atoms with van der Waals surface area (Å²) in [6.45, 7) is 7.81. The van der Waals surface area contributed by atoms with Gasteiger partial charge in [0.15, 0.2) is 0 Å². The molecular formula is C28H35FN2O. The topological polar surface area (TPSA) is 24.5 Å². The maximum absolute atomic E-state index is 15.0. The molecule has 0 radical (unpaired) electrons. The molecule has 1 atom stereocenters. The predicted octanol–water partition coefficient (Wildman–Crippen LogP) is 6.30. The summed E-state index contributed by atoms with van der Waals surface area (Å²) in [6.07, 6.45) is 6.76. The fraction of sp³-hybridized carbons (Fsp3) is 0.500. The van der Waals surface area contributed by atoms with Crippen molar-refractivity contribution in [1.29, 1.82) is 0 Å². The van der Waals surface area contributed by atoms with Crippen LogP contribution in [0.25, 0.3) is 0 Å². The van der Waals surface area contributed by atoms with E-state index in [4.69, 9.17) is 4.74 Å². The zero-order valence-corrected chi connectivity index (χ0v) is 19.0. The van der Waals surface area contributed by atoms with Crippen LogP contribution in [0.3, 0.4) is 0 Å². The lowest BCUT2D eigenvalue weighted by Gasteiger charge is -2.31. The molecule has 2 saturated carbocycles. The molecule has 2 aromatic carbocycles. The number of fused-ring (bicyclic) bond motifs is 1. The Balaban J connectivity index is 1.14. The SMILES string of the molecule is C=C(NCc1ccc(CN2Cc3ccc(OCC4CC4)cc3C(F)C2)cc1)C1CCCC1. The second-order valence-corrected chi connectivity index (χ2v) is 9.93. The Bertz CT molecular complexity index is 931. The molecule has 0 spiro atoms. The van der Waals surface area contributed by atoms with Gasteiger partial charge in [0.2, 0.25) is 0 Å². The van der Waals surface area contributed by atoms with Gasteiger partial charge in [0.1, 0.15) is 11.9 Å². The molecule has 1 heterocycles. The van der Waals surface area contributed by atoms with Crippen molar-refractivity contribution in [3.05, 3.63) is 77.0 Å². The van der Waals surface area contributed by atoms with Gasteiger partial charge >= 0.3 is 0 Å². The number of benzene rings is 2. The van der Waals surface area contributed by atoms with Crippen LogP contribution in [0.1, 0.15) is 67.0 Å². The Kier molecular flexibility index (Phi) is 6.49. The molecule has 0 saturated heterocycles. The van der Waals surface area contributed by atoms with Crippen molar-refractivity contribution in [3.8, 4) is 5.75 Å². The minimum absolute atomic E-state index is 0.434. The van der Waals surface area contributed by atoms with E-state index in [0.717, 1.165) is 43.1 Å². The summed E-state index contributed by atoms with van der Waals surface area (Å²) in [5.74, 6) is 2.16. The second kappa shape index (κ2) is 9.66. The minimum Gasteiger partial charge on any atom is -0.493 e. The van der Waals surface area contributed by atoms with Crippen LogP contribution in [-0.2, 0) is 19.6 Å². The van der Waals surface area contributed by atoms with E-state index in [1.165, 1.54) is 55.3 Å². The molecule has 5 rings (SSSR count). The molecule has 2 fully saturated rings. The number of hydrogen-bond acceptors (Lipinski definition) is 3. The van der Waals surface area contributed by atoms with E-state index in [1.54, 1.807) is 0 Å². The first-order valence-corrected chi connectivity index (χ1v) is 12.3. The highest BCUT2D eigenvalue weighted by molar-refractivity contribution is 5.39. The number of nitrogens with zero attached hydrogens (tertiary/aromatic N) is 1. The van der Waals surface area contributed by atoms with Gasteiger partial charge < -0.3 is 10.1 Å². The molecule has 3 nitrogen and oxygen atoms in total. The van der Waals surface area contributed by atoms with Gasteiger partial charge in [-0.1, -0.05) is 49.8 Å². The summed E-state index contributed by atoms with van der Waals surface area (Å²) in [6, 6.07) is 14.7. The number of halogens is 1. The number of nitrogens with one attached hydrogen (secondary N) is 1. The highest BCUT2D eigenvalue weighted by Gasteiger charge is 2.26. The fourth-order valence-corrected chi connectivity index (χ4v) is 5.00. The van der Waals surface area contributed by atoms with E-state index in [1.807, 2.05) is 18.2 Å². The summed E-state index contributed by atoms with van der Waals surface area (Å²) < 4.78 is 20.8. The van der Waals surface area contributed by atoms with Gasteiger partial charge in [0.05, 0.1) is 6.61 Å². The smallest absolute Gasteiger partial charge is 0.138 e. The Hall–Kier alpha value is -2.33. The third-order valence-electron chi connectivity index (χ3n) is 7.25. The minimum atomic E-state index is -0.965. The maximum Gasteiger partial charge on any atom is 0.138 e. The summed E-state index contributed by atoms with van der Waals surface area (Å²) >= 11 is 0. The van der Waals surface area contributed by atoms with Crippen LogP contribution < -0.4 is 10.1 Å². The molecule has 3 aliphatic rings. The van der Waals surface area contributed by atoms with Gasteiger partial charge in [0.25, 0.3) is 0 Å². The van der Waals surface area contributed by atoms with Crippen molar-refractivity contribution in [2.75, 3.05) is 13.2 Å². The highest BCUT2D eigenvalue weighted by atomic mass is 19.1. The molecule has 1 N–H and O–H groups in total. The zero-order valence-electron chi connectivity index (χ0n) is 19.0. The molecule has 0 bridgehead atoms.